The van der Waals surface area contributed by atoms with Crippen LogP contribution in [0.4, 0.5) is 17.2 Å². The number of rotatable bonds is 4. The van der Waals surface area contributed by atoms with E-state index in [4.69, 9.17) is 20.4 Å². The molecule has 6 nitrogen and oxygen atoms in total. The van der Waals surface area contributed by atoms with Crippen LogP contribution in [0.1, 0.15) is 80.0 Å². The number of nitrogens with zero attached hydrogens (tertiary/aromatic N) is 4. The number of nitrogens with two attached hydrogens (primary N) is 1. The van der Waals surface area contributed by atoms with Crippen molar-refractivity contribution in [3.05, 3.63) is 48.3 Å². The summed E-state index contributed by atoms with van der Waals surface area (Å²) in [6.45, 7) is 19.7. The summed E-state index contributed by atoms with van der Waals surface area (Å²) < 4.78 is 5.54. The zero-order valence-electron chi connectivity index (χ0n) is 24.1. The lowest BCUT2D eigenvalue weighted by Crippen LogP contribution is -2.47. The summed E-state index contributed by atoms with van der Waals surface area (Å²) in [6.07, 6.45) is 2.39. The van der Waals surface area contributed by atoms with Crippen LogP contribution in [0.15, 0.2) is 42.5 Å². The normalized spacial score (nSPS) is 14.0. The Kier molecular flexibility index (Phi) is 14.3. The van der Waals surface area contributed by atoms with E-state index in [0.717, 1.165) is 65.8 Å². The van der Waals surface area contributed by atoms with Gasteiger partial charge in [-0.3, -0.25) is 0 Å². The number of aromatic nitrogens is 2. The van der Waals surface area contributed by atoms with Crippen molar-refractivity contribution in [3.63, 3.8) is 0 Å². The number of para-hydroxylation sites is 2. The average molecular weight is 496 g/mol. The van der Waals surface area contributed by atoms with Crippen molar-refractivity contribution in [2.24, 2.45) is 0 Å². The molecule has 6 heteroatoms. The third-order valence-electron chi connectivity index (χ3n) is 5.66. The van der Waals surface area contributed by atoms with Gasteiger partial charge in [0.25, 0.3) is 0 Å². The molecule has 1 aromatic heterocycles. The predicted molar refractivity (Wildman–Crippen MR) is 159 cm³/mol. The number of methoxy groups -OCH3 is 1. The predicted octanol–water partition coefficient (Wildman–Crippen LogP) is 7.53. The maximum absolute atomic E-state index is 6.07. The number of hydrogen-bond donors (Lipinski definition) is 1. The molecule has 0 bridgehead atoms. The van der Waals surface area contributed by atoms with E-state index in [9.17, 15) is 0 Å². The maximum Gasteiger partial charge on any atom is 0.142 e. The van der Waals surface area contributed by atoms with Gasteiger partial charge in [0, 0.05) is 43.2 Å². The summed E-state index contributed by atoms with van der Waals surface area (Å²) in [5, 5.41) is 1.05. The van der Waals surface area contributed by atoms with Crippen molar-refractivity contribution in [2.45, 2.75) is 74.1 Å². The first-order valence-corrected chi connectivity index (χ1v) is 13.9. The van der Waals surface area contributed by atoms with E-state index in [-0.39, 0.29) is 0 Å². The summed E-state index contributed by atoms with van der Waals surface area (Å²) in [4.78, 5) is 14.5. The van der Waals surface area contributed by atoms with Gasteiger partial charge < -0.3 is 20.3 Å². The zero-order valence-corrected chi connectivity index (χ0v) is 24.1. The third-order valence-corrected chi connectivity index (χ3v) is 5.66. The van der Waals surface area contributed by atoms with Crippen LogP contribution >= 0.6 is 0 Å². The zero-order chi connectivity index (χ0) is 27.1. The smallest absolute Gasteiger partial charge is 0.142 e. The molecular weight excluding hydrogens is 446 g/mol. The molecule has 2 heterocycles. The summed E-state index contributed by atoms with van der Waals surface area (Å²) >= 11 is 0. The van der Waals surface area contributed by atoms with Gasteiger partial charge in [-0.05, 0) is 43.2 Å². The lowest BCUT2D eigenvalue weighted by molar-refractivity contribution is 0.413. The fourth-order valence-electron chi connectivity index (χ4n) is 3.96. The van der Waals surface area contributed by atoms with Gasteiger partial charge in [-0.1, -0.05) is 67.5 Å². The molecule has 5 rings (SSSR count). The van der Waals surface area contributed by atoms with Crippen LogP contribution in [0, 0.1) is 0 Å². The molecule has 0 atom stereocenters. The first-order chi connectivity index (χ1) is 17.7. The molecule has 2 aromatic carbocycles. The molecule has 1 saturated carbocycles. The highest BCUT2D eigenvalue weighted by Crippen LogP contribution is 2.40. The molecule has 0 unspecified atom stereocenters. The molecule has 0 spiro atoms. The van der Waals surface area contributed by atoms with Crippen LogP contribution in [-0.4, -0.2) is 43.3 Å². The van der Waals surface area contributed by atoms with Crippen molar-refractivity contribution in [2.75, 3.05) is 48.8 Å². The Bertz CT molecular complexity index is 1010. The number of ether oxygens (including phenoxy) is 1. The summed E-state index contributed by atoms with van der Waals surface area (Å²) in [5.74, 6) is 3.46. The number of anilines is 3. The van der Waals surface area contributed by atoms with Gasteiger partial charge in [-0.15, -0.1) is 0 Å². The second kappa shape index (κ2) is 16.6. The molecule has 2 N–H and O–H groups in total. The number of hydrogen-bond acceptors (Lipinski definition) is 6. The fraction of sp³-hybridized carbons (Fsp3) is 0.533. The minimum Gasteiger partial charge on any atom is -0.495 e. The molecule has 0 radical (unpaired) electrons. The molecule has 2 fully saturated rings. The number of benzene rings is 2. The van der Waals surface area contributed by atoms with E-state index in [1.807, 2.05) is 85.7 Å². The quantitative estimate of drug-likeness (QED) is 0.377. The summed E-state index contributed by atoms with van der Waals surface area (Å²) in [7, 11) is 1.73. The van der Waals surface area contributed by atoms with Crippen molar-refractivity contribution in [3.8, 4) is 5.75 Å². The molecule has 200 valence electrons. The third kappa shape index (κ3) is 7.74. The first-order valence-electron chi connectivity index (χ1n) is 13.9. The summed E-state index contributed by atoms with van der Waals surface area (Å²) in [5.41, 5.74) is 8.97. The maximum atomic E-state index is 6.07. The topological polar surface area (TPSA) is 67.5 Å². The van der Waals surface area contributed by atoms with Gasteiger partial charge in [-0.2, -0.15) is 0 Å². The molecular formula is C30H49N5O. The van der Waals surface area contributed by atoms with Gasteiger partial charge >= 0.3 is 0 Å². The van der Waals surface area contributed by atoms with Crippen LogP contribution in [0.5, 0.6) is 5.75 Å². The van der Waals surface area contributed by atoms with Crippen LogP contribution in [-0.2, 0) is 0 Å². The monoisotopic (exact) mass is 495 g/mol. The number of fused-ring (bicyclic) bond motifs is 1. The standard InChI is InChI=1S/C22H25N5O.4C2H6/c1-28-20-5-3-2-4-19(20)26-10-12-27(13-11-26)22-17-14-16(23)8-9-18(17)24-21(25-22)15-6-7-15;4*1-2/h2-5,8-9,14-15H,6-7,10-13,23H2,1H3;4*1-2H3. The molecule has 2 aliphatic rings. The highest BCUT2D eigenvalue weighted by Gasteiger charge is 2.29. The Morgan fingerprint density at radius 2 is 1.36 bits per heavy atom. The highest BCUT2D eigenvalue weighted by molar-refractivity contribution is 5.92. The lowest BCUT2D eigenvalue weighted by atomic mass is 10.1. The Hall–Kier alpha value is -3.02. The van der Waals surface area contributed by atoms with Gasteiger partial charge in [0.15, 0.2) is 0 Å². The largest absolute Gasteiger partial charge is 0.495 e. The Morgan fingerprint density at radius 1 is 0.778 bits per heavy atom. The van der Waals surface area contributed by atoms with E-state index in [1.165, 1.54) is 12.8 Å². The van der Waals surface area contributed by atoms with Crippen molar-refractivity contribution < 1.29 is 4.74 Å². The number of piperazine rings is 1. The number of nitrogen functional groups attached to an aromatic ring is 1. The van der Waals surface area contributed by atoms with Crippen LogP contribution < -0.4 is 20.3 Å². The Labute approximate surface area is 219 Å². The minimum atomic E-state index is 0.524. The summed E-state index contributed by atoms with van der Waals surface area (Å²) in [6, 6.07) is 14.2. The lowest BCUT2D eigenvalue weighted by Gasteiger charge is -2.37. The van der Waals surface area contributed by atoms with Gasteiger partial charge in [-0.25, -0.2) is 9.97 Å². The van der Waals surface area contributed by atoms with Crippen LogP contribution in [0.25, 0.3) is 10.9 Å². The SMILES string of the molecule is CC.CC.CC.CC.COc1ccccc1N1CCN(c2nc(C3CC3)nc3ccc(N)cc23)CC1. The molecule has 0 amide bonds. The van der Waals surface area contributed by atoms with E-state index in [2.05, 4.69) is 21.9 Å². The second-order valence-corrected chi connectivity index (χ2v) is 7.60. The van der Waals surface area contributed by atoms with Crippen LogP contribution in [0.2, 0.25) is 0 Å². The van der Waals surface area contributed by atoms with E-state index >= 15 is 0 Å². The fourth-order valence-corrected chi connectivity index (χ4v) is 3.96. The molecule has 3 aromatic rings. The van der Waals surface area contributed by atoms with Crippen molar-refractivity contribution in [1.29, 1.82) is 0 Å². The van der Waals surface area contributed by atoms with E-state index < -0.39 is 0 Å². The van der Waals surface area contributed by atoms with Gasteiger partial charge in [0.2, 0.25) is 0 Å². The first kappa shape index (κ1) is 31.0. The highest BCUT2D eigenvalue weighted by atomic mass is 16.5. The average Bonchev–Trinajstić information content (AvgIpc) is 3.83. The van der Waals surface area contributed by atoms with Crippen LogP contribution in [0.3, 0.4) is 0 Å². The Balaban J connectivity index is 0.000000741. The minimum absolute atomic E-state index is 0.524. The van der Waals surface area contributed by atoms with E-state index in [1.54, 1.807) is 7.11 Å². The molecule has 1 aliphatic carbocycles. The van der Waals surface area contributed by atoms with Crippen molar-refractivity contribution in [1.82, 2.24) is 9.97 Å². The van der Waals surface area contributed by atoms with Gasteiger partial charge in [0.05, 0.1) is 18.3 Å². The van der Waals surface area contributed by atoms with Crippen molar-refractivity contribution >= 4 is 28.1 Å². The second-order valence-electron chi connectivity index (χ2n) is 7.60. The molecule has 36 heavy (non-hydrogen) atoms. The molecule has 1 aliphatic heterocycles. The Morgan fingerprint density at radius 3 is 1.94 bits per heavy atom. The van der Waals surface area contributed by atoms with Gasteiger partial charge in [0.1, 0.15) is 17.4 Å². The van der Waals surface area contributed by atoms with E-state index in [0.29, 0.717) is 5.92 Å². The molecule has 1 saturated heterocycles.